The first kappa shape index (κ1) is 15.9. The molecule has 3 heteroatoms. The molecule has 0 amide bonds. The Morgan fingerprint density at radius 3 is 2.38 bits per heavy atom. The molecular weight excluding hydrogens is 200 g/mol. The van der Waals surface area contributed by atoms with Gasteiger partial charge in [0.15, 0.2) is 0 Å². The van der Waals surface area contributed by atoms with Crippen molar-refractivity contribution in [2.24, 2.45) is 11.7 Å². The third-order valence-corrected chi connectivity index (χ3v) is 2.61. The second kappa shape index (κ2) is 12.9. The first-order valence-corrected chi connectivity index (χ1v) is 6.82. The average molecular weight is 230 g/mol. The van der Waals surface area contributed by atoms with Crippen molar-refractivity contribution in [3.8, 4) is 0 Å². The Morgan fingerprint density at radius 1 is 1.00 bits per heavy atom. The molecule has 16 heavy (non-hydrogen) atoms. The Hall–Kier alpha value is -0.120. The molecule has 0 unspecified atom stereocenters. The van der Waals surface area contributed by atoms with Crippen LogP contribution < -0.4 is 11.2 Å². The Balaban J connectivity index is 2.88. The fraction of sp³-hybridized carbons (Fsp3) is 1.00. The van der Waals surface area contributed by atoms with Crippen LogP contribution in [-0.4, -0.2) is 19.7 Å². The van der Waals surface area contributed by atoms with Crippen LogP contribution in [0.25, 0.3) is 0 Å². The van der Waals surface area contributed by atoms with Crippen LogP contribution in [0.5, 0.6) is 0 Å². The first-order chi connectivity index (χ1) is 7.77. The molecule has 0 aromatic heterocycles. The molecule has 0 rings (SSSR count). The van der Waals surface area contributed by atoms with Gasteiger partial charge in [0.1, 0.15) is 0 Å². The summed E-state index contributed by atoms with van der Waals surface area (Å²) in [7, 11) is 0. The highest BCUT2D eigenvalue weighted by Gasteiger charge is 1.94. The van der Waals surface area contributed by atoms with E-state index in [1.807, 2.05) is 0 Å². The molecule has 0 aromatic rings. The molecule has 98 valence electrons. The van der Waals surface area contributed by atoms with E-state index in [1.165, 1.54) is 32.1 Å². The number of hydrogen-bond donors (Lipinski definition) is 2. The van der Waals surface area contributed by atoms with Gasteiger partial charge >= 0.3 is 0 Å². The summed E-state index contributed by atoms with van der Waals surface area (Å²) in [5.74, 6) is 0.857. The predicted octanol–water partition coefficient (Wildman–Crippen LogP) is 2.85. The minimum atomic E-state index is 0.728. The fourth-order valence-electron chi connectivity index (χ4n) is 1.58. The molecule has 0 radical (unpaired) electrons. The zero-order valence-electron chi connectivity index (χ0n) is 11.1. The van der Waals surface area contributed by atoms with Gasteiger partial charge in [0.2, 0.25) is 0 Å². The van der Waals surface area contributed by atoms with E-state index in [4.69, 9.17) is 10.6 Å². The molecule has 3 nitrogen and oxygen atoms in total. The van der Waals surface area contributed by atoms with E-state index < -0.39 is 0 Å². The molecule has 0 aromatic carbocycles. The van der Waals surface area contributed by atoms with Crippen LogP contribution in [0.15, 0.2) is 0 Å². The van der Waals surface area contributed by atoms with E-state index in [-0.39, 0.29) is 0 Å². The van der Waals surface area contributed by atoms with Crippen LogP contribution in [0.1, 0.15) is 58.8 Å². The van der Waals surface area contributed by atoms with Crippen LogP contribution in [0, 0.1) is 5.92 Å². The maximum atomic E-state index is 5.36. The predicted molar refractivity (Wildman–Crippen MR) is 70.2 cm³/mol. The maximum Gasteiger partial charge on any atom is 0.0682 e. The van der Waals surface area contributed by atoms with Gasteiger partial charge in [-0.1, -0.05) is 46.0 Å². The molecule has 0 aliphatic rings. The van der Waals surface area contributed by atoms with Gasteiger partial charge < -0.3 is 10.6 Å². The Kier molecular flexibility index (Phi) is 12.9. The van der Waals surface area contributed by atoms with Gasteiger partial charge in [0.25, 0.3) is 0 Å². The Morgan fingerprint density at radius 2 is 1.69 bits per heavy atom. The van der Waals surface area contributed by atoms with Crippen molar-refractivity contribution in [1.82, 2.24) is 5.48 Å². The molecule has 0 bridgehead atoms. The topological polar surface area (TPSA) is 47.3 Å². The number of unbranched alkanes of at least 4 members (excludes halogenated alkanes) is 4. The van der Waals surface area contributed by atoms with Crippen molar-refractivity contribution in [3.63, 3.8) is 0 Å². The minimum absolute atomic E-state index is 0.728. The number of nitrogens with two attached hydrogens (primary N) is 1. The zero-order chi connectivity index (χ0) is 12.1. The second-order valence-electron chi connectivity index (χ2n) is 4.84. The van der Waals surface area contributed by atoms with Crippen molar-refractivity contribution >= 4 is 0 Å². The van der Waals surface area contributed by atoms with Crippen molar-refractivity contribution in [2.45, 2.75) is 58.8 Å². The first-order valence-electron chi connectivity index (χ1n) is 6.82. The summed E-state index contributed by atoms with van der Waals surface area (Å²) in [4.78, 5) is 5.27. The van der Waals surface area contributed by atoms with Crippen LogP contribution >= 0.6 is 0 Å². The monoisotopic (exact) mass is 230 g/mol. The number of rotatable bonds is 12. The van der Waals surface area contributed by atoms with E-state index in [9.17, 15) is 0 Å². The summed E-state index contributed by atoms with van der Waals surface area (Å²) in [5.41, 5.74) is 8.29. The molecule has 0 atom stereocenters. The molecule has 0 saturated heterocycles. The molecule has 0 fully saturated rings. The number of hydroxylamine groups is 1. The van der Waals surface area contributed by atoms with Crippen LogP contribution in [-0.2, 0) is 4.84 Å². The van der Waals surface area contributed by atoms with Gasteiger partial charge in [0.05, 0.1) is 6.61 Å². The van der Waals surface area contributed by atoms with Gasteiger partial charge in [-0.05, 0) is 25.3 Å². The smallest absolute Gasteiger partial charge is 0.0682 e. The lowest BCUT2D eigenvalue weighted by molar-refractivity contribution is 0.0384. The normalized spacial score (nSPS) is 11.2. The summed E-state index contributed by atoms with van der Waals surface area (Å²) in [6.45, 7) is 7.01. The SMILES string of the molecule is CC(C)CCCCCCCONCCCN. The van der Waals surface area contributed by atoms with E-state index in [0.29, 0.717) is 0 Å². The van der Waals surface area contributed by atoms with Crippen LogP contribution in [0.4, 0.5) is 0 Å². The standard InChI is InChI=1S/C13H30N2O/c1-13(2)9-6-4-3-5-7-12-16-15-11-8-10-14/h13,15H,3-12,14H2,1-2H3. The van der Waals surface area contributed by atoms with Crippen molar-refractivity contribution in [3.05, 3.63) is 0 Å². The van der Waals surface area contributed by atoms with Crippen molar-refractivity contribution in [2.75, 3.05) is 19.7 Å². The second-order valence-corrected chi connectivity index (χ2v) is 4.84. The van der Waals surface area contributed by atoms with Gasteiger partial charge in [-0.25, -0.2) is 5.48 Å². The van der Waals surface area contributed by atoms with Crippen LogP contribution in [0.2, 0.25) is 0 Å². The largest absolute Gasteiger partial charge is 0.330 e. The molecule has 3 N–H and O–H groups in total. The highest BCUT2D eigenvalue weighted by molar-refractivity contribution is 4.48. The molecule has 0 heterocycles. The molecular formula is C13H30N2O. The maximum absolute atomic E-state index is 5.36. The highest BCUT2D eigenvalue weighted by Crippen LogP contribution is 2.10. The minimum Gasteiger partial charge on any atom is -0.330 e. The lowest BCUT2D eigenvalue weighted by Gasteiger charge is -2.06. The molecule has 0 saturated carbocycles. The Bertz CT molecular complexity index is 129. The molecule has 0 aliphatic carbocycles. The average Bonchev–Trinajstić information content (AvgIpc) is 2.25. The summed E-state index contributed by atoms with van der Waals surface area (Å²) in [6.07, 6.45) is 8.91. The lowest BCUT2D eigenvalue weighted by atomic mass is 10.0. The van der Waals surface area contributed by atoms with Crippen molar-refractivity contribution in [1.29, 1.82) is 0 Å². The number of nitrogens with one attached hydrogen (secondary N) is 1. The van der Waals surface area contributed by atoms with Gasteiger partial charge in [-0.15, -0.1) is 0 Å². The van der Waals surface area contributed by atoms with Gasteiger partial charge in [-0.2, -0.15) is 0 Å². The van der Waals surface area contributed by atoms with E-state index in [1.54, 1.807) is 0 Å². The van der Waals surface area contributed by atoms with Gasteiger partial charge in [-0.3, -0.25) is 0 Å². The number of hydrogen-bond acceptors (Lipinski definition) is 3. The lowest BCUT2D eigenvalue weighted by Crippen LogP contribution is -2.19. The van der Waals surface area contributed by atoms with E-state index >= 15 is 0 Å². The molecule has 0 spiro atoms. The van der Waals surface area contributed by atoms with Gasteiger partial charge in [0, 0.05) is 6.54 Å². The summed E-state index contributed by atoms with van der Waals surface area (Å²) >= 11 is 0. The summed E-state index contributed by atoms with van der Waals surface area (Å²) in [6, 6.07) is 0. The molecule has 0 aliphatic heterocycles. The van der Waals surface area contributed by atoms with E-state index in [2.05, 4.69) is 19.3 Å². The zero-order valence-corrected chi connectivity index (χ0v) is 11.1. The third-order valence-electron chi connectivity index (χ3n) is 2.61. The fourth-order valence-corrected chi connectivity index (χ4v) is 1.58. The van der Waals surface area contributed by atoms with Crippen molar-refractivity contribution < 1.29 is 4.84 Å². The Labute approximate surface area is 101 Å². The van der Waals surface area contributed by atoms with Crippen LogP contribution in [0.3, 0.4) is 0 Å². The summed E-state index contributed by atoms with van der Waals surface area (Å²) < 4.78 is 0. The quantitative estimate of drug-likeness (QED) is 0.400. The van der Waals surface area contributed by atoms with E-state index in [0.717, 1.165) is 38.5 Å². The third kappa shape index (κ3) is 13.9. The highest BCUT2D eigenvalue weighted by atomic mass is 16.6. The summed E-state index contributed by atoms with van der Waals surface area (Å²) in [5, 5.41) is 0.